The van der Waals surface area contributed by atoms with Crippen LogP contribution in [-0.4, -0.2) is 38.4 Å². The van der Waals surface area contributed by atoms with Crippen molar-refractivity contribution in [3.8, 4) is 11.3 Å². The summed E-state index contributed by atoms with van der Waals surface area (Å²) >= 11 is 0. The monoisotopic (exact) mass is 405 g/mol. The number of nitrogen functional groups attached to an aromatic ring is 1. The molecular weight excluding hydrogens is 383 g/mol. The van der Waals surface area contributed by atoms with Gasteiger partial charge in [-0.25, -0.2) is 9.97 Å². The Bertz CT molecular complexity index is 969. The Hall–Kier alpha value is -2.58. The molecule has 154 valence electrons. The average Bonchev–Trinajstić information content (AvgIpc) is 3.49. The number of aromatic nitrogens is 3. The summed E-state index contributed by atoms with van der Waals surface area (Å²) in [6, 6.07) is 1.30. The molecule has 2 atom stereocenters. The number of anilines is 1. The van der Waals surface area contributed by atoms with Gasteiger partial charge in [-0.15, -0.1) is 0 Å². The van der Waals surface area contributed by atoms with Crippen LogP contribution in [-0.2, 0) is 17.4 Å². The lowest BCUT2D eigenvalue weighted by atomic mass is 10.1. The molecular formula is C20H22F3N5O. The molecule has 5 rings (SSSR count). The van der Waals surface area contributed by atoms with E-state index in [1.807, 2.05) is 11.1 Å². The molecule has 2 unspecified atom stereocenters. The van der Waals surface area contributed by atoms with Gasteiger partial charge in [0, 0.05) is 62.3 Å². The van der Waals surface area contributed by atoms with E-state index in [1.165, 1.54) is 19.0 Å². The molecule has 1 amide bonds. The number of carbonyl (C=O) groups is 1. The summed E-state index contributed by atoms with van der Waals surface area (Å²) in [5, 5.41) is 0. The number of rotatable bonds is 4. The third kappa shape index (κ3) is 3.26. The normalized spacial score (nSPS) is 25.9. The lowest BCUT2D eigenvalue weighted by Gasteiger charge is -2.19. The maximum absolute atomic E-state index is 13.2. The third-order valence-electron chi connectivity index (χ3n) is 6.41. The van der Waals surface area contributed by atoms with Gasteiger partial charge in [-0.2, -0.15) is 13.2 Å². The summed E-state index contributed by atoms with van der Waals surface area (Å²) in [6.45, 7) is 3.06. The molecule has 3 heterocycles. The highest BCUT2D eigenvalue weighted by molar-refractivity contribution is 5.74. The average molecular weight is 405 g/mol. The van der Waals surface area contributed by atoms with E-state index in [1.54, 1.807) is 6.92 Å². The highest BCUT2D eigenvalue weighted by Crippen LogP contribution is 2.56. The van der Waals surface area contributed by atoms with Gasteiger partial charge in [0.1, 0.15) is 11.6 Å². The molecule has 0 bridgehead atoms. The summed E-state index contributed by atoms with van der Waals surface area (Å²) in [4.78, 5) is 21.9. The number of hydrogen-bond acceptors (Lipinski definition) is 4. The van der Waals surface area contributed by atoms with Gasteiger partial charge >= 0.3 is 6.18 Å². The van der Waals surface area contributed by atoms with Crippen LogP contribution in [0.15, 0.2) is 18.5 Å². The van der Waals surface area contributed by atoms with Gasteiger partial charge in [-0.05, 0) is 24.8 Å². The van der Waals surface area contributed by atoms with Gasteiger partial charge < -0.3 is 15.2 Å². The van der Waals surface area contributed by atoms with Gasteiger partial charge in [-0.3, -0.25) is 4.79 Å². The van der Waals surface area contributed by atoms with Crippen molar-refractivity contribution in [1.29, 1.82) is 0 Å². The van der Waals surface area contributed by atoms with Crippen LogP contribution in [0.5, 0.6) is 0 Å². The van der Waals surface area contributed by atoms with Gasteiger partial charge in [0.2, 0.25) is 5.91 Å². The lowest BCUT2D eigenvalue weighted by Crippen LogP contribution is -2.29. The minimum atomic E-state index is -4.56. The number of alkyl halides is 3. The summed E-state index contributed by atoms with van der Waals surface area (Å²) in [5.74, 6) is 1.88. The second kappa shape index (κ2) is 6.21. The minimum Gasteiger partial charge on any atom is -0.383 e. The van der Waals surface area contributed by atoms with Crippen molar-refractivity contribution in [3.63, 3.8) is 0 Å². The Balaban J connectivity index is 1.46. The number of nitrogens with zero attached hydrogens (tertiary/aromatic N) is 4. The molecule has 2 saturated carbocycles. The van der Waals surface area contributed by atoms with Gasteiger partial charge in [0.15, 0.2) is 0 Å². The van der Waals surface area contributed by atoms with Crippen molar-refractivity contribution in [1.82, 2.24) is 19.4 Å². The molecule has 3 aliphatic rings. The molecule has 0 radical (unpaired) electrons. The Kier molecular flexibility index (Phi) is 3.95. The first kappa shape index (κ1) is 18.4. The molecule has 1 saturated heterocycles. The quantitative estimate of drug-likeness (QED) is 0.848. The van der Waals surface area contributed by atoms with Crippen LogP contribution in [0.2, 0.25) is 0 Å². The second-order valence-corrected chi connectivity index (χ2v) is 8.49. The first-order chi connectivity index (χ1) is 13.7. The van der Waals surface area contributed by atoms with Crippen LogP contribution in [0.25, 0.3) is 11.3 Å². The first-order valence-electron chi connectivity index (χ1n) is 9.88. The molecule has 6 nitrogen and oxygen atoms in total. The number of piperidine rings is 1. The summed E-state index contributed by atoms with van der Waals surface area (Å²) < 4.78 is 41.8. The van der Waals surface area contributed by atoms with Crippen LogP contribution in [0.3, 0.4) is 0 Å². The number of halogens is 3. The number of pyridine rings is 1. The molecule has 2 aliphatic carbocycles. The number of carbonyl (C=O) groups excluding carboxylic acids is 1. The fraction of sp³-hybridized carbons (Fsp3) is 0.550. The van der Waals surface area contributed by atoms with Crippen molar-refractivity contribution < 1.29 is 18.0 Å². The standard InChI is InChI=1S/C20H22F3N5O/c1-10(29)27-7-13-14(8-27)18(13)28-9-16(26-17(28)4-11-2-3-11)12-5-15(20(21,22)23)19(24)25-6-12/h5-6,9,11,13-14,18H,2-4,7-8H2,1H3,(H2,24,25). The van der Waals surface area contributed by atoms with E-state index in [9.17, 15) is 18.0 Å². The Morgan fingerprint density at radius 3 is 2.55 bits per heavy atom. The number of nitrogens with two attached hydrogens (primary N) is 1. The van der Waals surface area contributed by atoms with Crippen LogP contribution >= 0.6 is 0 Å². The zero-order chi connectivity index (χ0) is 20.5. The molecule has 0 spiro atoms. The SMILES string of the molecule is CC(=O)N1CC2C(C1)C2n1cc(-c2cnc(N)c(C(F)(F)F)c2)nc1CC1CC1. The zero-order valence-corrected chi connectivity index (χ0v) is 16.0. The number of amides is 1. The maximum atomic E-state index is 13.2. The molecule has 2 aromatic rings. The fourth-order valence-corrected chi connectivity index (χ4v) is 4.57. The number of fused-ring (bicyclic) bond motifs is 1. The molecule has 2 N–H and O–H groups in total. The summed E-state index contributed by atoms with van der Waals surface area (Å²) in [7, 11) is 0. The van der Waals surface area contributed by atoms with E-state index >= 15 is 0 Å². The number of imidazole rings is 1. The predicted molar refractivity (Wildman–Crippen MR) is 99.6 cm³/mol. The fourth-order valence-electron chi connectivity index (χ4n) is 4.57. The molecule has 3 fully saturated rings. The predicted octanol–water partition coefficient (Wildman–Crippen LogP) is 3.15. The molecule has 1 aliphatic heterocycles. The number of likely N-dealkylation sites (tertiary alicyclic amines) is 1. The second-order valence-electron chi connectivity index (χ2n) is 8.49. The van der Waals surface area contributed by atoms with Crippen molar-refractivity contribution >= 4 is 11.7 Å². The summed E-state index contributed by atoms with van der Waals surface area (Å²) in [6.07, 6.45) is 1.81. The van der Waals surface area contributed by atoms with E-state index in [2.05, 4.69) is 9.55 Å². The molecule has 2 aromatic heterocycles. The van der Waals surface area contributed by atoms with Crippen LogP contribution in [0, 0.1) is 17.8 Å². The van der Waals surface area contributed by atoms with Crippen molar-refractivity contribution in [2.45, 2.75) is 38.4 Å². The van der Waals surface area contributed by atoms with E-state index < -0.39 is 17.6 Å². The Labute approximate surface area is 165 Å². The highest BCUT2D eigenvalue weighted by atomic mass is 19.4. The smallest absolute Gasteiger partial charge is 0.383 e. The topological polar surface area (TPSA) is 77.0 Å². The van der Waals surface area contributed by atoms with Gasteiger partial charge in [0.05, 0.1) is 11.3 Å². The minimum absolute atomic E-state index is 0.0908. The van der Waals surface area contributed by atoms with Crippen molar-refractivity contribution in [3.05, 3.63) is 29.8 Å². The van der Waals surface area contributed by atoms with Crippen LogP contribution < -0.4 is 5.73 Å². The Morgan fingerprint density at radius 2 is 1.97 bits per heavy atom. The number of hydrogen-bond donors (Lipinski definition) is 1. The maximum Gasteiger partial charge on any atom is 0.419 e. The van der Waals surface area contributed by atoms with E-state index in [0.29, 0.717) is 29.0 Å². The summed E-state index contributed by atoms with van der Waals surface area (Å²) in [5.41, 5.74) is 5.31. The van der Waals surface area contributed by atoms with E-state index in [0.717, 1.165) is 31.4 Å². The van der Waals surface area contributed by atoms with Crippen molar-refractivity contribution in [2.24, 2.45) is 17.8 Å². The van der Waals surface area contributed by atoms with E-state index in [4.69, 9.17) is 10.7 Å². The van der Waals surface area contributed by atoms with E-state index in [-0.39, 0.29) is 11.9 Å². The Morgan fingerprint density at radius 1 is 1.28 bits per heavy atom. The van der Waals surface area contributed by atoms with Crippen LogP contribution in [0.1, 0.15) is 37.2 Å². The lowest BCUT2D eigenvalue weighted by molar-refractivity contribution is -0.137. The first-order valence-corrected chi connectivity index (χ1v) is 9.88. The van der Waals surface area contributed by atoms with Gasteiger partial charge in [0.25, 0.3) is 0 Å². The van der Waals surface area contributed by atoms with Crippen molar-refractivity contribution in [2.75, 3.05) is 18.8 Å². The zero-order valence-electron chi connectivity index (χ0n) is 16.0. The highest BCUT2D eigenvalue weighted by Gasteiger charge is 2.58. The largest absolute Gasteiger partial charge is 0.419 e. The molecule has 29 heavy (non-hydrogen) atoms. The van der Waals surface area contributed by atoms with Gasteiger partial charge in [-0.1, -0.05) is 0 Å². The third-order valence-corrected chi connectivity index (χ3v) is 6.41. The molecule has 0 aromatic carbocycles. The van der Waals surface area contributed by atoms with Crippen LogP contribution in [0.4, 0.5) is 19.0 Å². The molecule has 9 heteroatoms.